The van der Waals surface area contributed by atoms with Gasteiger partial charge in [-0.1, -0.05) is 6.58 Å². The van der Waals surface area contributed by atoms with Gasteiger partial charge in [0.1, 0.15) is 5.60 Å². The minimum absolute atomic E-state index is 0.157. The van der Waals surface area contributed by atoms with E-state index in [-0.39, 0.29) is 5.60 Å². The summed E-state index contributed by atoms with van der Waals surface area (Å²) in [5.74, 6) is 0. The van der Waals surface area contributed by atoms with Gasteiger partial charge in [-0.3, -0.25) is 5.32 Å². The molecule has 3 nitrogen and oxygen atoms in total. The SMILES string of the molecule is C=C(C)N1CC2(CCNCO2)C1. The van der Waals surface area contributed by atoms with E-state index in [1.807, 2.05) is 6.92 Å². The molecule has 2 rings (SSSR count). The van der Waals surface area contributed by atoms with Crippen molar-refractivity contribution < 1.29 is 4.74 Å². The molecule has 1 spiro atoms. The molecule has 2 saturated heterocycles. The van der Waals surface area contributed by atoms with E-state index in [0.29, 0.717) is 6.73 Å². The quantitative estimate of drug-likeness (QED) is 0.618. The Kier molecular flexibility index (Phi) is 1.85. The van der Waals surface area contributed by atoms with Crippen molar-refractivity contribution in [3.05, 3.63) is 12.3 Å². The molecule has 0 aromatic rings. The standard InChI is InChI=1S/C9H16N2O/c1-8(2)11-5-9(6-11)3-4-10-7-12-9/h10H,1,3-7H2,2H3. The molecule has 0 aromatic carbocycles. The number of nitrogens with one attached hydrogen (secondary N) is 1. The van der Waals surface area contributed by atoms with Crippen LogP contribution in [0.2, 0.25) is 0 Å². The molecule has 2 heterocycles. The van der Waals surface area contributed by atoms with Gasteiger partial charge in [-0.25, -0.2) is 0 Å². The highest BCUT2D eigenvalue weighted by Gasteiger charge is 2.44. The summed E-state index contributed by atoms with van der Waals surface area (Å²) in [5.41, 5.74) is 1.31. The van der Waals surface area contributed by atoms with E-state index < -0.39 is 0 Å². The zero-order chi connectivity index (χ0) is 8.60. The Morgan fingerprint density at radius 2 is 2.33 bits per heavy atom. The molecule has 0 unspecified atom stereocenters. The Morgan fingerprint density at radius 3 is 2.83 bits per heavy atom. The van der Waals surface area contributed by atoms with Crippen molar-refractivity contribution in [3.8, 4) is 0 Å². The van der Waals surface area contributed by atoms with Gasteiger partial charge in [-0.15, -0.1) is 0 Å². The molecule has 3 heteroatoms. The summed E-state index contributed by atoms with van der Waals surface area (Å²) in [5, 5.41) is 3.19. The van der Waals surface area contributed by atoms with Gasteiger partial charge in [0.05, 0.1) is 6.73 Å². The fourth-order valence-electron chi connectivity index (χ4n) is 1.83. The largest absolute Gasteiger partial charge is 0.370 e. The summed E-state index contributed by atoms with van der Waals surface area (Å²) in [7, 11) is 0. The van der Waals surface area contributed by atoms with Crippen molar-refractivity contribution in [2.75, 3.05) is 26.4 Å². The van der Waals surface area contributed by atoms with Crippen LogP contribution < -0.4 is 5.32 Å². The third-order valence-electron chi connectivity index (χ3n) is 2.74. The van der Waals surface area contributed by atoms with Crippen molar-refractivity contribution in [2.45, 2.75) is 18.9 Å². The molecule has 2 fully saturated rings. The molecule has 0 radical (unpaired) electrons. The second-order valence-corrected chi connectivity index (χ2v) is 3.81. The topological polar surface area (TPSA) is 24.5 Å². The van der Waals surface area contributed by atoms with Gasteiger partial charge in [0.25, 0.3) is 0 Å². The van der Waals surface area contributed by atoms with Crippen LogP contribution in [0.3, 0.4) is 0 Å². The third-order valence-corrected chi connectivity index (χ3v) is 2.74. The van der Waals surface area contributed by atoms with Gasteiger partial charge in [0.15, 0.2) is 0 Å². The van der Waals surface area contributed by atoms with Crippen molar-refractivity contribution in [1.82, 2.24) is 10.2 Å². The van der Waals surface area contributed by atoms with Crippen molar-refractivity contribution in [2.24, 2.45) is 0 Å². The fourth-order valence-corrected chi connectivity index (χ4v) is 1.83. The highest BCUT2D eigenvalue weighted by atomic mass is 16.5. The predicted molar refractivity (Wildman–Crippen MR) is 47.7 cm³/mol. The molecule has 12 heavy (non-hydrogen) atoms. The Morgan fingerprint density at radius 1 is 1.58 bits per heavy atom. The van der Waals surface area contributed by atoms with Crippen molar-refractivity contribution in [3.63, 3.8) is 0 Å². The Labute approximate surface area is 73.4 Å². The minimum atomic E-state index is 0.157. The fraction of sp³-hybridized carbons (Fsp3) is 0.778. The molecule has 0 bridgehead atoms. The van der Waals surface area contributed by atoms with Gasteiger partial charge < -0.3 is 9.64 Å². The summed E-state index contributed by atoms with van der Waals surface area (Å²) in [6.45, 7) is 9.82. The van der Waals surface area contributed by atoms with Crippen LogP contribution in [0.5, 0.6) is 0 Å². The first-order valence-electron chi connectivity index (χ1n) is 4.47. The summed E-state index contributed by atoms with van der Waals surface area (Å²) in [6, 6.07) is 0. The van der Waals surface area contributed by atoms with Crippen LogP contribution in [0, 0.1) is 0 Å². The minimum Gasteiger partial charge on any atom is -0.370 e. The number of hydrogen-bond acceptors (Lipinski definition) is 3. The first kappa shape index (κ1) is 8.08. The second-order valence-electron chi connectivity index (χ2n) is 3.81. The molecule has 0 aromatic heterocycles. The zero-order valence-electron chi connectivity index (χ0n) is 7.60. The number of rotatable bonds is 1. The van der Waals surface area contributed by atoms with Crippen molar-refractivity contribution in [1.29, 1.82) is 0 Å². The lowest BCUT2D eigenvalue weighted by Gasteiger charge is -2.52. The van der Waals surface area contributed by atoms with E-state index in [4.69, 9.17) is 4.74 Å². The number of ether oxygens (including phenoxy) is 1. The summed E-state index contributed by atoms with van der Waals surface area (Å²) >= 11 is 0. The second kappa shape index (κ2) is 2.75. The van der Waals surface area contributed by atoms with E-state index in [1.165, 1.54) is 0 Å². The van der Waals surface area contributed by atoms with Gasteiger partial charge in [-0.2, -0.15) is 0 Å². The maximum Gasteiger partial charge on any atom is 0.106 e. The van der Waals surface area contributed by atoms with Crippen LogP contribution in [0.25, 0.3) is 0 Å². The lowest BCUT2D eigenvalue weighted by atomic mass is 9.89. The lowest BCUT2D eigenvalue weighted by Crippen LogP contribution is -2.65. The lowest BCUT2D eigenvalue weighted by molar-refractivity contribution is -0.159. The first-order valence-corrected chi connectivity index (χ1v) is 4.47. The van der Waals surface area contributed by atoms with E-state index in [1.54, 1.807) is 0 Å². The average molecular weight is 168 g/mol. The monoisotopic (exact) mass is 168 g/mol. The molecule has 0 amide bonds. The maximum absolute atomic E-state index is 5.69. The van der Waals surface area contributed by atoms with E-state index in [2.05, 4.69) is 16.8 Å². The number of likely N-dealkylation sites (tertiary alicyclic amines) is 1. The van der Waals surface area contributed by atoms with Crippen LogP contribution in [-0.2, 0) is 4.74 Å². The van der Waals surface area contributed by atoms with Gasteiger partial charge in [0.2, 0.25) is 0 Å². The first-order chi connectivity index (χ1) is 5.72. The van der Waals surface area contributed by atoms with Gasteiger partial charge in [0, 0.05) is 25.3 Å². The van der Waals surface area contributed by atoms with E-state index >= 15 is 0 Å². The number of hydrogen-bond donors (Lipinski definition) is 1. The van der Waals surface area contributed by atoms with Crippen LogP contribution in [-0.4, -0.2) is 36.9 Å². The Bertz CT molecular complexity index is 189. The summed E-state index contributed by atoms with van der Waals surface area (Å²) in [6.07, 6.45) is 1.14. The molecule has 2 aliphatic heterocycles. The molecule has 68 valence electrons. The number of nitrogens with zero attached hydrogens (tertiary/aromatic N) is 1. The average Bonchev–Trinajstić information content (AvgIpc) is 2.01. The summed E-state index contributed by atoms with van der Waals surface area (Å²) in [4.78, 5) is 2.27. The Hall–Kier alpha value is -0.540. The molecule has 1 N–H and O–H groups in total. The summed E-state index contributed by atoms with van der Waals surface area (Å²) < 4.78 is 5.69. The normalized spacial score (nSPS) is 26.9. The van der Waals surface area contributed by atoms with Crippen LogP contribution in [0.4, 0.5) is 0 Å². The third kappa shape index (κ3) is 1.23. The van der Waals surface area contributed by atoms with E-state index in [9.17, 15) is 0 Å². The highest BCUT2D eigenvalue weighted by Crippen LogP contribution is 2.31. The molecule has 0 aliphatic carbocycles. The van der Waals surface area contributed by atoms with Crippen molar-refractivity contribution >= 4 is 0 Å². The van der Waals surface area contributed by atoms with Crippen LogP contribution in [0.1, 0.15) is 13.3 Å². The molecular weight excluding hydrogens is 152 g/mol. The Balaban J connectivity index is 1.88. The van der Waals surface area contributed by atoms with Gasteiger partial charge in [-0.05, 0) is 13.3 Å². The molecular formula is C9H16N2O. The highest BCUT2D eigenvalue weighted by molar-refractivity contribution is 5.07. The maximum atomic E-state index is 5.69. The number of allylic oxidation sites excluding steroid dienone is 1. The molecule has 0 atom stereocenters. The van der Waals surface area contributed by atoms with Crippen LogP contribution >= 0.6 is 0 Å². The molecule has 2 aliphatic rings. The zero-order valence-corrected chi connectivity index (χ0v) is 7.60. The van der Waals surface area contributed by atoms with Crippen LogP contribution in [0.15, 0.2) is 12.3 Å². The van der Waals surface area contributed by atoms with E-state index in [0.717, 1.165) is 31.8 Å². The smallest absolute Gasteiger partial charge is 0.106 e. The predicted octanol–water partition coefficient (Wildman–Crippen LogP) is 0.542. The molecule has 0 saturated carbocycles. The van der Waals surface area contributed by atoms with Gasteiger partial charge >= 0.3 is 0 Å².